The lowest BCUT2D eigenvalue weighted by Gasteiger charge is -2.27. The first kappa shape index (κ1) is 25.7. The van der Waals surface area contributed by atoms with Gasteiger partial charge in [0.05, 0.1) is 6.07 Å². The molecule has 3 amide bonds. The molecule has 0 unspecified atom stereocenters. The number of nitrogens with one attached hydrogen (secondary N) is 3. The molecule has 8 heteroatoms. The zero-order valence-electron chi connectivity index (χ0n) is 20.0. The second kappa shape index (κ2) is 12.0. The van der Waals surface area contributed by atoms with E-state index in [9.17, 15) is 24.0 Å². The second-order valence-electron chi connectivity index (χ2n) is 10.0. The molecule has 0 saturated carbocycles. The first-order valence-electron chi connectivity index (χ1n) is 12.3. The number of nitriles is 1. The lowest BCUT2D eigenvalue weighted by atomic mass is 9.84. The van der Waals surface area contributed by atoms with Crippen molar-refractivity contribution in [1.29, 1.82) is 5.26 Å². The number of halogens is 1. The maximum absolute atomic E-state index is 13.4. The summed E-state index contributed by atoms with van der Waals surface area (Å²) in [7, 11) is 0. The Morgan fingerprint density at radius 1 is 1.03 bits per heavy atom. The Labute approximate surface area is 200 Å². The van der Waals surface area contributed by atoms with Crippen molar-refractivity contribution < 1.29 is 18.8 Å². The van der Waals surface area contributed by atoms with Gasteiger partial charge in [-0.3, -0.25) is 14.4 Å². The maximum atomic E-state index is 13.4. The molecule has 0 radical (unpaired) electrons. The number of amides is 3. The monoisotopic (exact) mass is 470 g/mol. The lowest BCUT2D eigenvalue weighted by molar-refractivity contribution is -0.132. The number of nitrogens with zero attached hydrogens (tertiary/aromatic N) is 1. The van der Waals surface area contributed by atoms with Crippen LogP contribution in [0.15, 0.2) is 24.3 Å². The van der Waals surface area contributed by atoms with Crippen LogP contribution >= 0.6 is 0 Å². The van der Waals surface area contributed by atoms with Crippen LogP contribution in [0, 0.1) is 40.8 Å². The Hall–Kier alpha value is -2.95. The van der Waals surface area contributed by atoms with E-state index in [4.69, 9.17) is 0 Å². The van der Waals surface area contributed by atoms with Gasteiger partial charge in [-0.25, -0.2) is 4.39 Å². The van der Waals surface area contributed by atoms with Gasteiger partial charge in [-0.15, -0.1) is 0 Å². The minimum absolute atomic E-state index is 0.0622. The molecular formula is C26H35FN4O3. The van der Waals surface area contributed by atoms with Gasteiger partial charge in [-0.05, 0) is 61.6 Å². The highest BCUT2D eigenvalue weighted by molar-refractivity contribution is 5.89. The van der Waals surface area contributed by atoms with Crippen LogP contribution < -0.4 is 16.0 Å². The first-order valence-corrected chi connectivity index (χ1v) is 12.3. The van der Waals surface area contributed by atoms with Crippen LogP contribution in [-0.4, -0.2) is 36.3 Å². The molecule has 3 rings (SSSR count). The van der Waals surface area contributed by atoms with Crippen LogP contribution in [0.25, 0.3) is 0 Å². The molecule has 2 aliphatic rings. The largest absolute Gasteiger partial charge is 0.356 e. The van der Waals surface area contributed by atoms with Crippen LogP contribution in [0.5, 0.6) is 0 Å². The number of carbonyl (C=O) groups is 3. The summed E-state index contributed by atoms with van der Waals surface area (Å²) in [5.41, 5.74) is 0.864. The van der Waals surface area contributed by atoms with Crippen LogP contribution in [0.3, 0.4) is 0 Å². The fraction of sp³-hybridized carbons (Fsp3) is 0.615. The number of benzene rings is 1. The molecule has 3 N–H and O–H groups in total. The molecule has 0 bridgehead atoms. The summed E-state index contributed by atoms with van der Waals surface area (Å²) >= 11 is 0. The van der Waals surface area contributed by atoms with E-state index in [-0.39, 0.29) is 47.7 Å². The van der Waals surface area contributed by atoms with E-state index >= 15 is 0 Å². The number of hydrogen-bond acceptors (Lipinski definition) is 4. The van der Waals surface area contributed by atoms with E-state index < -0.39 is 18.0 Å². The van der Waals surface area contributed by atoms with Crippen molar-refractivity contribution in [3.63, 3.8) is 0 Å². The molecule has 34 heavy (non-hydrogen) atoms. The fourth-order valence-electron chi connectivity index (χ4n) is 5.01. The molecule has 0 spiro atoms. The minimum Gasteiger partial charge on any atom is -0.356 e. The average Bonchev–Trinajstić information content (AvgIpc) is 3.14. The zero-order valence-corrected chi connectivity index (χ0v) is 20.0. The Balaban J connectivity index is 1.83. The summed E-state index contributed by atoms with van der Waals surface area (Å²) in [6, 6.07) is 6.70. The molecule has 2 saturated heterocycles. The maximum Gasteiger partial charge on any atom is 0.243 e. The quantitative estimate of drug-likeness (QED) is 0.628. The van der Waals surface area contributed by atoms with Crippen LogP contribution in [0.4, 0.5) is 4.39 Å². The van der Waals surface area contributed by atoms with Crippen LogP contribution in [0.2, 0.25) is 0 Å². The Morgan fingerprint density at radius 3 is 2.41 bits per heavy atom. The smallest absolute Gasteiger partial charge is 0.243 e. The summed E-state index contributed by atoms with van der Waals surface area (Å²) in [6.45, 7) is 4.51. The van der Waals surface area contributed by atoms with Crippen molar-refractivity contribution in [2.75, 3.05) is 6.54 Å². The Bertz CT molecular complexity index is 912. The van der Waals surface area contributed by atoms with Gasteiger partial charge >= 0.3 is 0 Å². The molecule has 1 aromatic rings. The van der Waals surface area contributed by atoms with Gasteiger partial charge in [0.25, 0.3) is 0 Å². The topological polar surface area (TPSA) is 111 Å². The van der Waals surface area contributed by atoms with Crippen molar-refractivity contribution in [1.82, 2.24) is 16.0 Å². The van der Waals surface area contributed by atoms with Gasteiger partial charge in [-0.2, -0.15) is 5.26 Å². The number of fused-ring (bicyclic) bond motifs is 1. The highest BCUT2D eigenvalue weighted by Gasteiger charge is 2.37. The minimum atomic E-state index is -0.798. The molecule has 2 fully saturated rings. The number of rotatable bonds is 4. The average molecular weight is 471 g/mol. The molecule has 0 aliphatic carbocycles. The van der Waals surface area contributed by atoms with Gasteiger partial charge in [0.15, 0.2) is 0 Å². The lowest BCUT2D eigenvalue weighted by Crippen LogP contribution is -2.52. The van der Waals surface area contributed by atoms with Crippen LogP contribution in [0.1, 0.15) is 57.9 Å². The van der Waals surface area contributed by atoms with Crippen molar-refractivity contribution >= 4 is 17.7 Å². The zero-order chi connectivity index (χ0) is 24.7. The normalized spacial score (nSPS) is 28.8. The van der Waals surface area contributed by atoms with Crippen molar-refractivity contribution in [2.45, 2.75) is 70.9 Å². The molecule has 2 aliphatic heterocycles. The summed E-state index contributed by atoms with van der Waals surface area (Å²) in [4.78, 5) is 38.8. The second-order valence-corrected chi connectivity index (χ2v) is 10.0. The van der Waals surface area contributed by atoms with Crippen molar-refractivity contribution in [3.8, 4) is 6.07 Å². The van der Waals surface area contributed by atoms with E-state index in [0.29, 0.717) is 25.8 Å². The summed E-state index contributed by atoms with van der Waals surface area (Å²) in [5.74, 6) is -1.40. The molecular weight excluding hydrogens is 435 g/mol. The molecule has 184 valence electrons. The summed E-state index contributed by atoms with van der Waals surface area (Å²) < 4.78 is 13.4. The molecule has 1 aromatic carbocycles. The Kier molecular flexibility index (Phi) is 9.03. The van der Waals surface area contributed by atoms with Gasteiger partial charge in [-0.1, -0.05) is 38.8 Å². The third-order valence-electron chi connectivity index (χ3n) is 6.89. The predicted octanol–water partition coefficient (Wildman–Crippen LogP) is 2.85. The molecule has 5 atom stereocenters. The van der Waals surface area contributed by atoms with E-state index in [0.717, 1.165) is 24.8 Å². The molecule has 2 heterocycles. The van der Waals surface area contributed by atoms with Crippen molar-refractivity contribution in [3.05, 3.63) is 35.6 Å². The SMILES string of the molecule is CC(C)C[C@@H]1NC(=O)[C@@H](Cc2ccc(F)cc2)CCCC[C@H]2CNC(=O)[C@H]2C[C@@H](C#N)NC1=O. The molecule has 0 aromatic heterocycles. The summed E-state index contributed by atoms with van der Waals surface area (Å²) in [6.07, 6.45) is 4.28. The van der Waals surface area contributed by atoms with E-state index in [2.05, 4.69) is 22.0 Å². The highest BCUT2D eigenvalue weighted by atomic mass is 19.1. The fourth-order valence-corrected chi connectivity index (χ4v) is 5.01. The third-order valence-corrected chi connectivity index (χ3v) is 6.89. The van der Waals surface area contributed by atoms with Gasteiger partial charge in [0.2, 0.25) is 17.7 Å². The van der Waals surface area contributed by atoms with Gasteiger partial charge < -0.3 is 16.0 Å². The van der Waals surface area contributed by atoms with E-state index in [1.54, 1.807) is 12.1 Å². The third kappa shape index (κ3) is 7.02. The standard InChI is InChI=1S/C26H35FN4O3/c1-16(2)11-23-26(34)30-21(14-28)13-22-19(15-29-25(22)33)6-4-3-5-18(24(32)31-23)12-17-7-9-20(27)10-8-17/h7-10,16,18-19,21-23H,3-6,11-13,15H2,1-2H3,(H,29,33)(H,30,34)(H,31,32)/t18-,19+,21+,22+,23+/m1/s1. The first-order chi connectivity index (χ1) is 16.3. The summed E-state index contributed by atoms with van der Waals surface area (Å²) in [5, 5.41) is 18.2. The van der Waals surface area contributed by atoms with E-state index in [1.165, 1.54) is 12.1 Å². The predicted molar refractivity (Wildman–Crippen MR) is 126 cm³/mol. The van der Waals surface area contributed by atoms with E-state index in [1.807, 2.05) is 13.8 Å². The van der Waals surface area contributed by atoms with Crippen molar-refractivity contribution in [2.24, 2.45) is 23.7 Å². The Morgan fingerprint density at radius 2 is 1.74 bits per heavy atom. The molecule has 7 nitrogen and oxygen atoms in total. The van der Waals surface area contributed by atoms with Crippen LogP contribution in [-0.2, 0) is 20.8 Å². The van der Waals surface area contributed by atoms with Gasteiger partial charge in [0, 0.05) is 18.4 Å². The number of carbonyl (C=O) groups excluding carboxylic acids is 3. The highest BCUT2D eigenvalue weighted by Crippen LogP contribution is 2.29. The van der Waals surface area contributed by atoms with Gasteiger partial charge in [0.1, 0.15) is 17.9 Å². The number of hydrogen-bond donors (Lipinski definition) is 3.